The number of ether oxygens (including phenoxy) is 1. The Kier molecular flexibility index (Phi) is 6.68. The highest BCUT2D eigenvalue weighted by Crippen LogP contribution is 2.27. The van der Waals surface area contributed by atoms with Gasteiger partial charge >= 0.3 is 6.09 Å². The molecule has 0 atom stereocenters. The molecule has 0 saturated carbocycles. The van der Waals surface area contributed by atoms with Crippen LogP contribution >= 0.6 is 0 Å². The van der Waals surface area contributed by atoms with Gasteiger partial charge in [-0.2, -0.15) is 5.10 Å². The molecule has 1 N–H and O–H groups in total. The van der Waals surface area contributed by atoms with Crippen LogP contribution < -0.4 is 5.32 Å². The number of aryl methyl sites for hydroxylation is 1. The molecular formula is C26H28FN5O3. The molecule has 9 heteroatoms. The average Bonchev–Trinajstić information content (AvgIpc) is 3.23. The molecule has 0 unspecified atom stereocenters. The fraction of sp³-hybridized carbons (Fsp3) is 0.308. The SMILES string of the molecule is Cn1cc(-c2ccncc2/C=C/C(=O)Nc2cc3c(cc2F)CN(C(=O)OC(C)(C)C)CC3)cn1. The topological polar surface area (TPSA) is 89.4 Å². The van der Waals surface area contributed by atoms with E-state index in [-0.39, 0.29) is 12.2 Å². The second-order valence-electron chi connectivity index (χ2n) is 9.44. The van der Waals surface area contributed by atoms with Crippen LogP contribution in [0.2, 0.25) is 0 Å². The highest BCUT2D eigenvalue weighted by molar-refractivity contribution is 6.02. The first-order chi connectivity index (χ1) is 16.6. The molecule has 35 heavy (non-hydrogen) atoms. The van der Waals surface area contributed by atoms with Gasteiger partial charge in [-0.15, -0.1) is 0 Å². The van der Waals surface area contributed by atoms with Crippen molar-refractivity contribution in [3.63, 3.8) is 0 Å². The van der Waals surface area contributed by atoms with Crippen LogP contribution in [0.25, 0.3) is 17.2 Å². The molecule has 0 radical (unpaired) electrons. The van der Waals surface area contributed by atoms with Crippen LogP contribution in [0.4, 0.5) is 14.9 Å². The van der Waals surface area contributed by atoms with Crippen LogP contribution in [0, 0.1) is 5.82 Å². The summed E-state index contributed by atoms with van der Waals surface area (Å²) in [6, 6.07) is 4.85. The second kappa shape index (κ2) is 9.69. The molecule has 3 heterocycles. The summed E-state index contributed by atoms with van der Waals surface area (Å²) in [5.41, 5.74) is 3.61. The monoisotopic (exact) mass is 477 g/mol. The molecule has 1 aliphatic rings. The Hall–Kier alpha value is -4.01. The van der Waals surface area contributed by atoms with Crippen LogP contribution in [-0.2, 0) is 29.5 Å². The molecular weight excluding hydrogens is 449 g/mol. The number of amides is 2. The molecule has 4 rings (SSSR count). The van der Waals surface area contributed by atoms with Gasteiger partial charge in [0.15, 0.2) is 0 Å². The normalized spacial score (nSPS) is 13.6. The van der Waals surface area contributed by atoms with Crippen molar-refractivity contribution in [2.24, 2.45) is 7.05 Å². The standard InChI is InChI=1S/C26H28FN5O3/c1-26(2,3)35-25(34)32-10-8-17-12-23(22(27)11-19(17)16-32)30-24(33)6-5-18-13-28-9-7-21(18)20-14-29-31(4)15-20/h5-7,9,11-15H,8,10,16H2,1-4H3,(H,30,33)/b6-5+. The van der Waals surface area contributed by atoms with Crippen molar-refractivity contribution in [2.45, 2.75) is 39.3 Å². The summed E-state index contributed by atoms with van der Waals surface area (Å²) in [5, 5.41) is 6.80. The first-order valence-corrected chi connectivity index (χ1v) is 11.3. The number of aromatic nitrogens is 3. The maximum atomic E-state index is 14.8. The molecule has 3 aromatic rings. The molecule has 0 fully saturated rings. The lowest BCUT2D eigenvalue weighted by atomic mass is 9.99. The third kappa shape index (κ3) is 5.92. The fourth-order valence-corrected chi connectivity index (χ4v) is 3.86. The number of hydrogen-bond donors (Lipinski definition) is 1. The minimum Gasteiger partial charge on any atom is -0.444 e. The first-order valence-electron chi connectivity index (χ1n) is 11.3. The lowest BCUT2D eigenvalue weighted by Gasteiger charge is -2.31. The van der Waals surface area contributed by atoms with Crippen LogP contribution in [0.5, 0.6) is 0 Å². The predicted molar refractivity (Wildman–Crippen MR) is 131 cm³/mol. The number of halogens is 1. The third-order valence-corrected chi connectivity index (χ3v) is 5.49. The van der Waals surface area contributed by atoms with E-state index < -0.39 is 23.4 Å². The molecule has 0 saturated heterocycles. The largest absolute Gasteiger partial charge is 0.444 e. The Morgan fingerprint density at radius 2 is 2.00 bits per heavy atom. The van der Waals surface area contributed by atoms with Crippen LogP contribution in [-0.4, -0.2) is 43.8 Å². The minimum absolute atomic E-state index is 0.0998. The van der Waals surface area contributed by atoms with Crippen LogP contribution in [0.1, 0.15) is 37.5 Å². The third-order valence-electron chi connectivity index (χ3n) is 5.49. The van der Waals surface area contributed by atoms with Crippen molar-refractivity contribution in [2.75, 3.05) is 11.9 Å². The summed E-state index contributed by atoms with van der Waals surface area (Å²) < 4.78 is 21.9. The summed E-state index contributed by atoms with van der Waals surface area (Å²) in [5.74, 6) is -1.02. The Bertz CT molecular complexity index is 1290. The van der Waals surface area contributed by atoms with E-state index in [1.54, 1.807) is 61.1 Å². The number of nitrogens with one attached hydrogen (secondary N) is 1. The summed E-state index contributed by atoms with van der Waals surface area (Å²) in [6.07, 6.45) is 10.0. The Morgan fingerprint density at radius 1 is 1.20 bits per heavy atom. The molecule has 2 amide bonds. The van der Waals surface area contributed by atoms with Gasteiger partial charge < -0.3 is 15.0 Å². The molecule has 2 aromatic heterocycles. The van der Waals surface area contributed by atoms with Crippen molar-refractivity contribution >= 4 is 23.8 Å². The summed E-state index contributed by atoms with van der Waals surface area (Å²) >= 11 is 0. The van der Waals surface area contributed by atoms with E-state index in [0.29, 0.717) is 18.5 Å². The smallest absolute Gasteiger partial charge is 0.410 e. The van der Waals surface area contributed by atoms with Gasteiger partial charge in [0.1, 0.15) is 11.4 Å². The van der Waals surface area contributed by atoms with Gasteiger partial charge in [0.2, 0.25) is 5.91 Å². The van der Waals surface area contributed by atoms with Crippen molar-refractivity contribution < 1.29 is 18.7 Å². The number of pyridine rings is 1. The zero-order chi connectivity index (χ0) is 25.2. The molecule has 182 valence electrons. The number of carbonyl (C=O) groups excluding carboxylic acids is 2. The van der Waals surface area contributed by atoms with E-state index in [2.05, 4.69) is 15.4 Å². The summed E-state index contributed by atoms with van der Waals surface area (Å²) in [4.78, 5) is 30.6. The van der Waals surface area contributed by atoms with Crippen LogP contribution in [0.15, 0.2) is 49.1 Å². The number of carbonyl (C=O) groups is 2. The summed E-state index contributed by atoms with van der Waals surface area (Å²) in [6.45, 7) is 6.13. The number of nitrogens with zero attached hydrogens (tertiary/aromatic N) is 4. The zero-order valence-corrected chi connectivity index (χ0v) is 20.2. The van der Waals surface area contributed by atoms with E-state index in [4.69, 9.17) is 4.74 Å². The maximum Gasteiger partial charge on any atom is 0.410 e. The second-order valence-corrected chi connectivity index (χ2v) is 9.44. The number of rotatable bonds is 4. The lowest BCUT2D eigenvalue weighted by Crippen LogP contribution is -2.40. The predicted octanol–water partition coefficient (Wildman–Crippen LogP) is 4.57. The fourth-order valence-electron chi connectivity index (χ4n) is 3.86. The number of anilines is 1. The molecule has 1 aromatic carbocycles. The number of fused-ring (bicyclic) bond motifs is 1. The molecule has 1 aliphatic heterocycles. The molecule has 8 nitrogen and oxygen atoms in total. The van der Waals surface area contributed by atoms with Gasteiger partial charge in [-0.1, -0.05) is 0 Å². The highest BCUT2D eigenvalue weighted by Gasteiger charge is 2.26. The van der Waals surface area contributed by atoms with E-state index in [0.717, 1.165) is 22.3 Å². The van der Waals surface area contributed by atoms with Gasteiger partial charge in [-0.25, -0.2) is 9.18 Å². The van der Waals surface area contributed by atoms with E-state index in [1.807, 2.05) is 19.3 Å². The van der Waals surface area contributed by atoms with Crippen molar-refractivity contribution in [1.29, 1.82) is 0 Å². The van der Waals surface area contributed by atoms with Gasteiger partial charge in [0.05, 0.1) is 11.9 Å². The van der Waals surface area contributed by atoms with Gasteiger partial charge in [0.25, 0.3) is 0 Å². The van der Waals surface area contributed by atoms with E-state index in [9.17, 15) is 14.0 Å². The van der Waals surface area contributed by atoms with Crippen molar-refractivity contribution in [1.82, 2.24) is 19.7 Å². The highest BCUT2D eigenvalue weighted by atomic mass is 19.1. The average molecular weight is 478 g/mol. The van der Waals surface area contributed by atoms with Crippen molar-refractivity contribution in [3.8, 4) is 11.1 Å². The summed E-state index contributed by atoms with van der Waals surface area (Å²) in [7, 11) is 1.83. The molecule has 0 bridgehead atoms. The Morgan fingerprint density at radius 3 is 2.71 bits per heavy atom. The van der Waals surface area contributed by atoms with Crippen molar-refractivity contribution in [3.05, 3.63) is 71.6 Å². The molecule has 0 aliphatic carbocycles. The Labute approximate surface area is 203 Å². The van der Waals surface area contributed by atoms with Gasteiger partial charge in [0, 0.05) is 55.9 Å². The lowest BCUT2D eigenvalue weighted by molar-refractivity contribution is -0.111. The van der Waals surface area contributed by atoms with Gasteiger partial charge in [-0.3, -0.25) is 14.5 Å². The van der Waals surface area contributed by atoms with E-state index >= 15 is 0 Å². The minimum atomic E-state index is -0.598. The Balaban J connectivity index is 1.45. The van der Waals surface area contributed by atoms with Crippen LogP contribution in [0.3, 0.4) is 0 Å². The van der Waals surface area contributed by atoms with E-state index in [1.165, 1.54) is 12.1 Å². The molecule has 0 spiro atoms. The zero-order valence-electron chi connectivity index (χ0n) is 20.2. The number of benzene rings is 1. The maximum absolute atomic E-state index is 14.8. The quantitative estimate of drug-likeness (QED) is 0.556. The number of hydrogen-bond acceptors (Lipinski definition) is 5. The first kappa shape index (κ1) is 24.1. The van der Waals surface area contributed by atoms with Gasteiger partial charge in [-0.05, 0) is 68.2 Å².